The minimum Gasteiger partial charge on any atom is -0.315 e. The largest absolute Gasteiger partial charge is 0.315 e. The molecule has 2 aromatic rings. The topological polar surface area (TPSA) is 188 Å². The van der Waals surface area contributed by atoms with Crippen molar-refractivity contribution in [2.75, 3.05) is 123 Å². The first-order valence-electron chi connectivity index (χ1n) is 20.0. The number of anilines is 1. The van der Waals surface area contributed by atoms with E-state index in [0.29, 0.717) is 36.9 Å². The van der Waals surface area contributed by atoms with Gasteiger partial charge >= 0.3 is 0 Å². The van der Waals surface area contributed by atoms with E-state index in [1.165, 1.54) is 0 Å². The van der Waals surface area contributed by atoms with Crippen LogP contribution in [-0.2, 0) is 16.1 Å². The van der Waals surface area contributed by atoms with E-state index >= 15 is 0 Å². The van der Waals surface area contributed by atoms with Gasteiger partial charge in [-0.15, -0.1) is 0 Å². The van der Waals surface area contributed by atoms with Gasteiger partial charge in [0.25, 0.3) is 5.56 Å². The summed E-state index contributed by atoms with van der Waals surface area (Å²) in [5, 5.41) is 23.7. The van der Waals surface area contributed by atoms with E-state index in [-0.39, 0.29) is 29.5 Å². The second-order valence-corrected chi connectivity index (χ2v) is 14.2. The lowest BCUT2D eigenvalue weighted by Gasteiger charge is -2.23. The summed E-state index contributed by atoms with van der Waals surface area (Å²) >= 11 is 0. The molecule has 0 bridgehead atoms. The van der Waals surface area contributed by atoms with Gasteiger partial charge < -0.3 is 36.5 Å². The quantitative estimate of drug-likeness (QED) is 0.141. The lowest BCUT2D eigenvalue weighted by Crippen LogP contribution is -2.40. The van der Waals surface area contributed by atoms with E-state index in [9.17, 15) is 14.4 Å². The van der Waals surface area contributed by atoms with Crippen LogP contribution < -0.4 is 42.8 Å². The summed E-state index contributed by atoms with van der Waals surface area (Å²) in [6, 6.07) is 0. The van der Waals surface area contributed by atoms with Crippen molar-refractivity contribution in [1.29, 1.82) is 0 Å². The lowest BCUT2D eigenvalue weighted by atomic mass is 9.95. The second kappa shape index (κ2) is 25.2. The Morgan fingerprint density at radius 3 is 1.88 bits per heavy atom. The average Bonchev–Trinajstić information content (AvgIpc) is 3.54. The summed E-state index contributed by atoms with van der Waals surface area (Å²) in [6.45, 7) is 18.2. The van der Waals surface area contributed by atoms with Gasteiger partial charge in [-0.3, -0.25) is 34.5 Å². The Morgan fingerprint density at radius 1 is 0.731 bits per heavy atom. The van der Waals surface area contributed by atoms with Crippen LogP contribution in [0.2, 0.25) is 0 Å². The molecule has 2 aromatic heterocycles. The number of H-pyrrole nitrogens is 1. The van der Waals surface area contributed by atoms with Crippen LogP contribution in [0.3, 0.4) is 0 Å². The summed E-state index contributed by atoms with van der Waals surface area (Å²) in [4.78, 5) is 55.2. The van der Waals surface area contributed by atoms with Crippen LogP contribution in [0.25, 0.3) is 11.2 Å². The van der Waals surface area contributed by atoms with Crippen LogP contribution in [0.5, 0.6) is 0 Å². The molecule has 16 heteroatoms. The van der Waals surface area contributed by atoms with Gasteiger partial charge in [0.2, 0.25) is 11.9 Å². The Balaban J connectivity index is 1.25. The van der Waals surface area contributed by atoms with Gasteiger partial charge in [0.15, 0.2) is 11.2 Å². The number of aryl methyl sites for hydroxylation is 1. The number of Topliss-reactive ketones (excluding diaryl/α,β-unsaturated/α-hetero) is 1. The third kappa shape index (κ3) is 16.5. The molecular formula is C36H67N13O3. The Hall–Kier alpha value is -2.83. The van der Waals surface area contributed by atoms with Crippen molar-refractivity contribution >= 4 is 28.8 Å². The summed E-state index contributed by atoms with van der Waals surface area (Å²) in [5.41, 5.74) is 0.327. The molecule has 294 valence electrons. The summed E-state index contributed by atoms with van der Waals surface area (Å²) in [5.74, 6) is 0.567. The van der Waals surface area contributed by atoms with Crippen molar-refractivity contribution < 1.29 is 9.59 Å². The molecule has 2 aliphatic heterocycles. The van der Waals surface area contributed by atoms with Crippen molar-refractivity contribution in [3.8, 4) is 0 Å². The standard InChI is InChI=1S/C36H67N13O3/c1-2-30(7-8-31(50)27-47-22-5-14-39-18-16-37-10-3-12-41-20-25-47)9-24-49-29-43-33-34(49)45-36(46-35(33)52)44-32(51)28-48-23-6-15-40-19-17-38-11-4-13-42-21-26-48/h29-30,37-42H,2-28H2,1H3,(H2,44,45,46,51,52). The molecule has 2 aliphatic rings. The van der Waals surface area contributed by atoms with Crippen molar-refractivity contribution in [3.63, 3.8) is 0 Å². The molecule has 0 spiro atoms. The van der Waals surface area contributed by atoms with Crippen molar-refractivity contribution in [3.05, 3.63) is 16.7 Å². The molecular weight excluding hydrogens is 662 g/mol. The molecule has 52 heavy (non-hydrogen) atoms. The van der Waals surface area contributed by atoms with Crippen molar-refractivity contribution in [2.45, 2.75) is 64.8 Å². The SMILES string of the molecule is CCC(CCC(=O)CN1CCCNCCNCCCNCC1)CCn1cnc2c(=O)[nH]c(NC(=O)CN3CCCNCCNCCCNCC3)nc21. The zero-order chi connectivity index (χ0) is 36.6. The maximum atomic E-state index is 13.1. The highest BCUT2D eigenvalue weighted by Gasteiger charge is 2.17. The molecule has 1 atom stereocenters. The number of carbonyl (C=O) groups excluding carboxylic acids is 2. The van der Waals surface area contributed by atoms with E-state index in [1.807, 2.05) is 4.57 Å². The van der Waals surface area contributed by atoms with E-state index in [1.54, 1.807) is 6.33 Å². The third-order valence-corrected chi connectivity index (χ3v) is 9.92. The van der Waals surface area contributed by atoms with Crippen LogP contribution in [0.15, 0.2) is 11.1 Å². The fraction of sp³-hybridized carbons (Fsp3) is 0.806. The highest BCUT2D eigenvalue weighted by Crippen LogP contribution is 2.19. The first kappa shape index (κ1) is 41.9. The number of rotatable bonds is 12. The number of fused-ring (bicyclic) bond motifs is 1. The fourth-order valence-electron chi connectivity index (χ4n) is 6.77. The highest BCUT2D eigenvalue weighted by atomic mass is 16.2. The average molecular weight is 730 g/mol. The van der Waals surface area contributed by atoms with E-state index in [2.05, 4.69) is 68.9 Å². The molecule has 4 rings (SSSR count). The predicted octanol–water partition coefficient (Wildman–Crippen LogP) is -0.447. The number of ketones is 1. The number of carbonyl (C=O) groups is 2. The van der Waals surface area contributed by atoms with Crippen LogP contribution in [0.1, 0.15) is 58.3 Å². The lowest BCUT2D eigenvalue weighted by molar-refractivity contribution is -0.120. The van der Waals surface area contributed by atoms with Gasteiger partial charge in [-0.25, -0.2) is 4.98 Å². The minimum absolute atomic E-state index is 0.132. The van der Waals surface area contributed by atoms with E-state index < -0.39 is 0 Å². The summed E-state index contributed by atoms with van der Waals surface area (Å²) in [6.07, 6.45) is 8.97. The molecule has 0 saturated carbocycles. The molecule has 1 amide bonds. The molecule has 0 radical (unpaired) electrons. The van der Waals surface area contributed by atoms with Crippen molar-refractivity contribution in [1.82, 2.24) is 61.2 Å². The number of aromatic nitrogens is 4. The zero-order valence-electron chi connectivity index (χ0n) is 31.7. The second-order valence-electron chi connectivity index (χ2n) is 14.2. The molecule has 2 saturated heterocycles. The van der Waals surface area contributed by atoms with Gasteiger partial charge in [0, 0.05) is 65.3 Å². The predicted molar refractivity (Wildman–Crippen MR) is 208 cm³/mol. The van der Waals surface area contributed by atoms with Crippen LogP contribution in [0, 0.1) is 5.92 Å². The number of hydrogen-bond acceptors (Lipinski definition) is 13. The molecule has 4 heterocycles. The first-order valence-corrected chi connectivity index (χ1v) is 20.0. The number of imidazole rings is 1. The van der Waals surface area contributed by atoms with Crippen LogP contribution in [0.4, 0.5) is 5.95 Å². The normalized spacial score (nSPS) is 20.1. The first-order chi connectivity index (χ1) is 25.5. The number of hydrogen-bond donors (Lipinski definition) is 8. The van der Waals surface area contributed by atoms with Gasteiger partial charge in [-0.2, -0.15) is 4.98 Å². The number of aromatic amines is 1. The van der Waals surface area contributed by atoms with Crippen LogP contribution >= 0.6 is 0 Å². The zero-order valence-corrected chi connectivity index (χ0v) is 31.7. The fourth-order valence-corrected chi connectivity index (χ4v) is 6.77. The molecule has 2 fully saturated rings. The molecule has 16 nitrogen and oxygen atoms in total. The van der Waals surface area contributed by atoms with E-state index in [4.69, 9.17) is 0 Å². The molecule has 0 aromatic carbocycles. The smallest absolute Gasteiger partial charge is 0.280 e. The third-order valence-electron chi connectivity index (χ3n) is 9.92. The minimum atomic E-state index is -0.379. The van der Waals surface area contributed by atoms with Gasteiger partial charge in [-0.1, -0.05) is 13.3 Å². The summed E-state index contributed by atoms with van der Waals surface area (Å²) in [7, 11) is 0. The Labute approximate surface area is 309 Å². The number of amides is 1. The Bertz CT molecular complexity index is 1320. The maximum absolute atomic E-state index is 13.1. The van der Waals surface area contributed by atoms with Crippen LogP contribution in [-0.4, -0.2) is 159 Å². The molecule has 1 unspecified atom stereocenters. The maximum Gasteiger partial charge on any atom is 0.280 e. The monoisotopic (exact) mass is 730 g/mol. The molecule has 0 aliphatic carbocycles. The summed E-state index contributed by atoms with van der Waals surface area (Å²) < 4.78 is 1.89. The van der Waals surface area contributed by atoms with Gasteiger partial charge in [-0.05, 0) is 96.8 Å². The van der Waals surface area contributed by atoms with Crippen molar-refractivity contribution in [2.24, 2.45) is 5.92 Å². The molecule has 8 N–H and O–H groups in total. The Kier molecular flexibility index (Phi) is 20.3. The van der Waals surface area contributed by atoms with Gasteiger partial charge in [0.05, 0.1) is 19.4 Å². The van der Waals surface area contributed by atoms with Gasteiger partial charge in [0.1, 0.15) is 5.78 Å². The van der Waals surface area contributed by atoms with E-state index in [0.717, 1.165) is 150 Å². The number of nitrogens with zero attached hydrogens (tertiary/aromatic N) is 5. The number of nitrogens with one attached hydrogen (secondary N) is 8. The Morgan fingerprint density at radius 2 is 1.29 bits per heavy atom. The highest BCUT2D eigenvalue weighted by molar-refractivity contribution is 5.91.